The summed E-state index contributed by atoms with van der Waals surface area (Å²) < 4.78 is 14.1. The van der Waals surface area contributed by atoms with Crippen molar-refractivity contribution in [2.24, 2.45) is 0 Å². The number of hydrogen-bond donors (Lipinski definition) is 0. The number of piperidine rings is 2. The predicted molar refractivity (Wildman–Crippen MR) is 142 cm³/mol. The fourth-order valence-corrected chi connectivity index (χ4v) is 31.6. The van der Waals surface area contributed by atoms with Gasteiger partial charge in [0.15, 0.2) is 15.7 Å². The number of hydroxylamine groups is 4. The van der Waals surface area contributed by atoms with Crippen LogP contribution in [-0.2, 0) is 19.3 Å². The van der Waals surface area contributed by atoms with Gasteiger partial charge in [0.25, 0.3) is 0 Å². The van der Waals surface area contributed by atoms with E-state index in [0.29, 0.717) is 0 Å². The van der Waals surface area contributed by atoms with Gasteiger partial charge in [-0.3, -0.25) is 0 Å². The molecule has 0 aromatic heterocycles. The third-order valence-electron chi connectivity index (χ3n) is 9.04. The van der Waals surface area contributed by atoms with Crippen LogP contribution in [0.15, 0.2) is 0 Å². The van der Waals surface area contributed by atoms with Crippen LogP contribution in [0.25, 0.3) is 0 Å². The van der Waals surface area contributed by atoms with Crippen molar-refractivity contribution in [3.05, 3.63) is 0 Å². The van der Waals surface area contributed by atoms with Gasteiger partial charge in [-0.15, -0.1) is 20.5 Å². The van der Waals surface area contributed by atoms with Crippen LogP contribution in [0.2, 0.25) is 39.3 Å². The van der Waals surface area contributed by atoms with Crippen molar-refractivity contribution in [1.82, 2.24) is 10.1 Å². The highest BCUT2D eigenvalue weighted by atomic mass is 29.7. The molecule has 2 fully saturated rings. The van der Waals surface area contributed by atoms with Crippen molar-refractivity contribution in [3.63, 3.8) is 0 Å². The van der Waals surface area contributed by atoms with E-state index < -0.39 is 44.9 Å². The summed E-state index contributed by atoms with van der Waals surface area (Å²) in [6, 6.07) is 0. The lowest BCUT2D eigenvalue weighted by Gasteiger charge is -2.55. The Bertz CT molecular complexity index is 628. The molecule has 0 spiro atoms. The summed E-state index contributed by atoms with van der Waals surface area (Å²) in [6.45, 7) is 30.8. The van der Waals surface area contributed by atoms with Gasteiger partial charge < -0.3 is 8.85 Å². The summed E-state index contributed by atoms with van der Waals surface area (Å²) in [5.41, 5.74) is -1.68. The molecule has 0 aromatic rings. The molecule has 0 aliphatic carbocycles. The number of rotatable bonds is 6. The van der Waals surface area contributed by atoms with Crippen molar-refractivity contribution >= 4 is 22.8 Å². The van der Waals surface area contributed by atoms with E-state index in [2.05, 4.69) is 39.3 Å². The Kier molecular flexibility index (Phi) is 7.87. The standard InChI is InChI=1S/C24H52N2O4Si3/c1-21(2)15-19(16-22(3,4)25(21)27)29-31(9,10)33(13,14)32(11,12)30-20-17-23(5,6)26(28)24(7,8)18-20/h19-20H,15-18H2,1-14H3. The largest absolute Gasteiger partial charge is 0.417 e. The smallest absolute Gasteiger partial charge is 0.174 e. The second-order valence-corrected chi connectivity index (χ2v) is 40.8. The third kappa shape index (κ3) is 5.72. The molecule has 0 saturated carbocycles. The number of hydrogen-bond acceptors (Lipinski definition) is 4. The van der Waals surface area contributed by atoms with Gasteiger partial charge in [0.1, 0.15) is 0 Å². The number of nitrogens with zero attached hydrogens (tertiary/aromatic N) is 2. The van der Waals surface area contributed by atoms with E-state index in [1.54, 1.807) is 0 Å². The highest BCUT2D eigenvalue weighted by molar-refractivity contribution is 7.66. The molecule has 2 saturated heterocycles. The maximum atomic E-state index is 12.8. The molecule has 33 heavy (non-hydrogen) atoms. The Morgan fingerprint density at radius 2 is 0.758 bits per heavy atom. The predicted octanol–water partition coefficient (Wildman–Crippen LogP) is 6.03. The third-order valence-corrected chi connectivity index (χ3v) is 46.5. The molecule has 194 valence electrons. The van der Waals surface area contributed by atoms with E-state index in [1.807, 2.05) is 55.4 Å². The van der Waals surface area contributed by atoms with Crippen LogP contribution < -0.4 is 0 Å². The lowest BCUT2D eigenvalue weighted by molar-refractivity contribution is -0.297. The molecule has 0 N–H and O–H groups in total. The molecule has 0 amide bonds. The van der Waals surface area contributed by atoms with Crippen molar-refractivity contribution in [2.45, 2.75) is 155 Å². The first-order valence-corrected chi connectivity index (χ1v) is 23.5. The fourth-order valence-electron chi connectivity index (χ4n) is 6.36. The zero-order valence-corrected chi connectivity index (χ0v) is 27.0. The van der Waals surface area contributed by atoms with Crippen LogP contribution in [-0.4, -0.2) is 67.3 Å². The molecule has 0 unspecified atom stereocenters. The summed E-state index contributed by atoms with van der Waals surface area (Å²) in [7, 11) is -6.07. The van der Waals surface area contributed by atoms with Crippen molar-refractivity contribution < 1.29 is 19.3 Å². The summed E-state index contributed by atoms with van der Waals surface area (Å²) in [5, 5.41) is 28.2. The van der Waals surface area contributed by atoms with Gasteiger partial charge >= 0.3 is 0 Å². The van der Waals surface area contributed by atoms with E-state index in [4.69, 9.17) is 8.85 Å². The lowest BCUT2D eigenvalue weighted by atomic mass is 9.80. The van der Waals surface area contributed by atoms with Crippen LogP contribution in [0, 0.1) is 0 Å². The van der Waals surface area contributed by atoms with Crippen molar-refractivity contribution in [3.8, 4) is 0 Å². The molecule has 0 atom stereocenters. The van der Waals surface area contributed by atoms with E-state index >= 15 is 0 Å². The van der Waals surface area contributed by atoms with E-state index in [0.717, 1.165) is 25.7 Å². The second kappa shape index (κ2) is 8.76. The Hall–Kier alpha value is 0.411. The minimum atomic E-state index is -2.09. The molecule has 0 aromatic carbocycles. The van der Waals surface area contributed by atoms with E-state index in [9.17, 15) is 10.4 Å². The van der Waals surface area contributed by atoms with Crippen LogP contribution in [0.5, 0.6) is 0 Å². The molecule has 2 radical (unpaired) electrons. The summed E-state index contributed by atoms with van der Waals surface area (Å²) in [5.74, 6) is 0. The lowest BCUT2D eigenvalue weighted by Crippen LogP contribution is -2.75. The molecule has 9 heteroatoms. The first kappa shape index (κ1) is 29.6. The topological polar surface area (TPSA) is 64.7 Å². The SMILES string of the molecule is CC1(C)CC(O[Si](C)(C)[Si](C)(C)[Si](C)(C)OC2CC(C)(C)N([O])C(C)(C)C2)CC(C)(C)N1[O]. The van der Waals surface area contributed by atoms with Crippen LogP contribution in [0.4, 0.5) is 0 Å². The average Bonchev–Trinajstić information content (AvgIpc) is 2.55. The summed E-state index contributed by atoms with van der Waals surface area (Å²) in [6.07, 6.45) is 3.31. The van der Waals surface area contributed by atoms with Gasteiger partial charge in [-0.1, -0.05) is 13.1 Å². The van der Waals surface area contributed by atoms with Gasteiger partial charge in [0.2, 0.25) is 0 Å². The minimum Gasteiger partial charge on any atom is -0.417 e. The van der Waals surface area contributed by atoms with Crippen LogP contribution in [0.1, 0.15) is 81.1 Å². The Balaban J connectivity index is 2.22. The molecule has 2 rings (SSSR count). The highest BCUT2D eigenvalue weighted by Gasteiger charge is 2.59. The summed E-state index contributed by atoms with van der Waals surface area (Å²) >= 11 is 0. The zero-order valence-electron chi connectivity index (χ0n) is 24.0. The normalized spacial score (nSPS) is 27.6. The summed E-state index contributed by atoms with van der Waals surface area (Å²) in [4.78, 5) is 0. The molecule has 0 bridgehead atoms. The van der Waals surface area contributed by atoms with Gasteiger partial charge in [0.05, 0.1) is 7.11 Å². The second-order valence-electron chi connectivity index (χ2n) is 14.8. The Morgan fingerprint density at radius 1 is 0.545 bits per heavy atom. The van der Waals surface area contributed by atoms with Gasteiger partial charge in [-0.25, -0.2) is 0 Å². The molecule has 2 aliphatic rings. The van der Waals surface area contributed by atoms with Crippen LogP contribution >= 0.6 is 0 Å². The molecular weight excluding hydrogens is 465 g/mol. The molecule has 6 nitrogen and oxygen atoms in total. The molecule has 2 heterocycles. The quantitative estimate of drug-likeness (QED) is 0.404. The van der Waals surface area contributed by atoms with E-state index in [-0.39, 0.29) is 12.2 Å². The Morgan fingerprint density at radius 3 is 0.970 bits per heavy atom. The minimum absolute atomic E-state index is 0.111. The van der Waals surface area contributed by atoms with Gasteiger partial charge in [0, 0.05) is 34.4 Å². The molecular formula is C24H52N2O4Si3. The van der Waals surface area contributed by atoms with E-state index in [1.165, 1.54) is 10.1 Å². The van der Waals surface area contributed by atoms with Gasteiger partial charge in [-0.2, -0.15) is 0 Å². The fraction of sp³-hybridized carbons (Fsp3) is 1.00. The maximum Gasteiger partial charge on any atom is 0.174 e. The monoisotopic (exact) mass is 516 g/mol. The first-order valence-electron chi connectivity index (χ1n) is 12.7. The van der Waals surface area contributed by atoms with Crippen LogP contribution in [0.3, 0.4) is 0 Å². The zero-order chi connectivity index (χ0) is 26.1. The molecule has 2 aliphatic heterocycles. The van der Waals surface area contributed by atoms with Crippen molar-refractivity contribution in [2.75, 3.05) is 0 Å². The van der Waals surface area contributed by atoms with Gasteiger partial charge in [-0.05, 0) is 107 Å². The average molecular weight is 517 g/mol. The Labute approximate surface area is 206 Å². The van der Waals surface area contributed by atoms with Crippen molar-refractivity contribution in [1.29, 1.82) is 0 Å². The maximum absolute atomic E-state index is 12.8. The highest BCUT2D eigenvalue weighted by Crippen LogP contribution is 2.43. The first-order chi connectivity index (χ1) is 14.4.